The smallest absolute Gasteiger partial charge is 0.156 e. The van der Waals surface area contributed by atoms with E-state index in [2.05, 4.69) is 19.9 Å². The highest BCUT2D eigenvalue weighted by Crippen LogP contribution is 1.88. The SMILES string of the molecule is [CH2]C(=O)C=CC=CC=CCCC. The third kappa shape index (κ3) is 8.89. The molecule has 0 saturated carbocycles. The first-order valence-electron chi connectivity index (χ1n) is 4.13. The normalized spacial score (nSPS) is 12.2. The van der Waals surface area contributed by atoms with Gasteiger partial charge >= 0.3 is 0 Å². The van der Waals surface area contributed by atoms with Gasteiger partial charge in [0, 0.05) is 6.92 Å². The molecule has 1 radical (unpaired) electrons. The molecule has 0 N–H and O–H groups in total. The Balaban J connectivity index is 3.56. The fourth-order valence-corrected chi connectivity index (χ4v) is 0.633. The van der Waals surface area contributed by atoms with Gasteiger partial charge in [0.2, 0.25) is 0 Å². The van der Waals surface area contributed by atoms with Crippen molar-refractivity contribution in [1.29, 1.82) is 0 Å². The minimum Gasteiger partial charge on any atom is -0.295 e. The molecule has 0 unspecified atom stereocenters. The Morgan fingerprint density at radius 2 is 1.92 bits per heavy atom. The van der Waals surface area contributed by atoms with Crippen LogP contribution < -0.4 is 0 Å². The molecular weight excluding hydrogens is 148 g/mol. The van der Waals surface area contributed by atoms with Crippen molar-refractivity contribution in [1.82, 2.24) is 0 Å². The largest absolute Gasteiger partial charge is 0.295 e. The highest BCUT2D eigenvalue weighted by molar-refractivity contribution is 5.93. The summed E-state index contributed by atoms with van der Waals surface area (Å²) in [6.45, 7) is 5.34. The summed E-state index contributed by atoms with van der Waals surface area (Å²) in [6.07, 6.45) is 13.2. The van der Waals surface area contributed by atoms with E-state index >= 15 is 0 Å². The van der Waals surface area contributed by atoms with Gasteiger partial charge in [0.15, 0.2) is 5.78 Å². The third-order valence-electron chi connectivity index (χ3n) is 1.21. The third-order valence-corrected chi connectivity index (χ3v) is 1.21. The second-order valence-corrected chi connectivity index (χ2v) is 2.43. The molecule has 0 aliphatic carbocycles. The summed E-state index contributed by atoms with van der Waals surface area (Å²) in [5.41, 5.74) is 0. The quantitative estimate of drug-likeness (QED) is 0.450. The first kappa shape index (κ1) is 10.9. The summed E-state index contributed by atoms with van der Waals surface area (Å²) < 4.78 is 0. The zero-order valence-electron chi connectivity index (χ0n) is 7.49. The fraction of sp³-hybridized carbons (Fsp3) is 0.273. The van der Waals surface area contributed by atoms with Gasteiger partial charge in [0.25, 0.3) is 0 Å². The van der Waals surface area contributed by atoms with Crippen LogP contribution in [0.15, 0.2) is 36.5 Å². The molecule has 0 aromatic heterocycles. The molecule has 1 nitrogen and oxygen atoms in total. The summed E-state index contributed by atoms with van der Waals surface area (Å²) in [5.74, 6) is -0.169. The lowest BCUT2D eigenvalue weighted by atomic mass is 10.3. The molecule has 0 spiro atoms. The van der Waals surface area contributed by atoms with Crippen LogP contribution in [0, 0.1) is 6.92 Å². The van der Waals surface area contributed by atoms with E-state index in [0.717, 1.165) is 12.8 Å². The second kappa shape index (κ2) is 7.99. The average Bonchev–Trinajstić information content (AvgIpc) is 2.02. The summed E-state index contributed by atoms with van der Waals surface area (Å²) in [7, 11) is 0. The number of unbranched alkanes of at least 4 members (excludes halogenated alkanes) is 1. The van der Waals surface area contributed by atoms with E-state index < -0.39 is 0 Å². The molecule has 0 bridgehead atoms. The zero-order valence-corrected chi connectivity index (χ0v) is 7.49. The molecule has 65 valence electrons. The van der Waals surface area contributed by atoms with Crippen molar-refractivity contribution in [2.75, 3.05) is 0 Å². The van der Waals surface area contributed by atoms with E-state index in [4.69, 9.17) is 0 Å². The summed E-state index contributed by atoms with van der Waals surface area (Å²) in [5, 5.41) is 0. The van der Waals surface area contributed by atoms with Crippen molar-refractivity contribution in [3.8, 4) is 0 Å². The maximum Gasteiger partial charge on any atom is 0.156 e. The van der Waals surface area contributed by atoms with Gasteiger partial charge in [0.1, 0.15) is 0 Å². The topological polar surface area (TPSA) is 17.1 Å². The van der Waals surface area contributed by atoms with Gasteiger partial charge in [-0.25, -0.2) is 0 Å². The van der Waals surface area contributed by atoms with Crippen LogP contribution in [0.1, 0.15) is 19.8 Å². The Hall–Kier alpha value is -1.11. The lowest BCUT2D eigenvalue weighted by Gasteiger charge is -1.79. The van der Waals surface area contributed by atoms with Crippen LogP contribution in [0.4, 0.5) is 0 Å². The molecular formula is C11H15O. The van der Waals surface area contributed by atoms with Crippen molar-refractivity contribution in [2.24, 2.45) is 0 Å². The predicted octanol–water partition coefficient (Wildman–Crippen LogP) is 2.86. The maximum absolute atomic E-state index is 10.3. The van der Waals surface area contributed by atoms with Crippen LogP contribution >= 0.6 is 0 Å². The molecule has 0 aliphatic rings. The van der Waals surface area contributed by atoms with E-state index in [0.29, 0.717) is 0 Å². The molecule has 1 heteroatoms. The van der Waals surface area contributed by atoms with E-state index in [1.54, 1.807) is 6.08 Å². The molecule has 0 aromatic carbocycles. The Morgan fingerprint density at radius 1 is 1.25 bits per heavy atom. The second-order valence-electron chi connectivity index (χ2n) is 2.43. The van der Waals surface area contributed by atoms with Crippen LogP contribution in [-0.2, 0) is 4.79 Å². The molecule has 0 saturated heterocycles. The van der Waals surface area contributed by atoms with Crippen molar-refractivity contribution in [3.63, 3.8) is 0 Å². The van der Waals surface area contributed by atoms with Crippen LogP contribution in [0.3, 0.4) is 0 Å². The van der Waals surface area contributed by atoms with E-state index in [-0.39, 0.29) is 5.78 Å². The number of rotatable bonds is 5. The predicted molar refractivity (Wildman–Crippen MR) is 52.7 cm³/mol. The Bertz CT molecular complexity index is 197. The van der Waals surface area contributed by atoms with Crippen molar-refractivity contribution < 1.29 is 4.79 Å². The van der Waals surface area contributed by atoms with Gasteiger partial charge in [-0.05, 0) is 12.5 Å². The summed E-state index contributed by atoms with van der Waals surface area (Å²) >= 11 is 0. The molecule has 0 aromatic rings. The molecule has 0 rings (SSSR count). The van der Waals surface area contributed by atoms with Crippen LogP contribution in [0.5, 0.6) is 0 Å². The standard InChI is InChI=1S/C11H15O/c1-3-4-5-6-7-8-9-10-11(2)12/h5-10H,2-4H2,1H3. The summed E-state index contributed by atoms with van der Waals surface area (Å²) in [4.78, 5) is 10.3. The first-order chi connectivity index (χ1) is 5.77. The molecule has 0 fully saturated rings. The maximum atomic E-state index is 10.3. The summed E-state index contributed by atoms with van der Waals surface area (Å²) in [6, 6.07) is 0. The number of ketones is 1. The molecule has 0 atom stereocenters. The fourth-order valence-electron chi connectivity index (χ4n) is 0.633. The minimum atomic E-state index is -0.169. The van der Waals surface area contributed by atoms with Gasteiger partial charge in [0.05, 0.1) is 0 Å². The van der Waals surface area contributed by atoms with Crippen molar-refractivity contribution in [3.05, 3.63) is 43.4 Å². The average molecular weight is 163 g/mol. The van der Waals surface area contributed by atoms with Gasteiger partial charge in [-0.3, -0.25) is 4.79 Å². The minimum absolute atomic E-state index is 0.169. The number of carbonyl (C=O) groups is 1. The number of allylic oxidation sites excluding steroid dienone is 6. The zero-order chi connectivity index (χ0) is 9.23. The van der Waals surface area contributed by atoms with E-state index in [1.165, 1.54) is 6.08 Å². The Kier molecular flexibility index (Phi) is 7.25. The van der Waals surface area contributed by atoms with Crippen LogP contribution in [0.2, 0.25) is 0 Å². The Labute approximate surface area is 74.5 Å². The highest BCUT2D eigenvalue weighted by atomic mass is 16.1. The monoisotopic (exact) mass is 163 g/mol. The number of hydrogen-bond acceptors (Lipinski definition) is 1. The first-order valence-corrected chi connectivity index (χ1v) is 4.13. The lowest BCUT2D eigenvalue weighted by Crippen LogP contribution is -1.77. The number of carbonyl (C=O) groups excluding carboxylic acids is 1. The highest BCUT2D eigenvalue weighted by Gasteiger charge is 1.76. The molecule has 0 amide bonds. The molecule has 0 heterocycles. The molecule has 0 aliphatic heterocycles. The van der Waals surface area contributed by atoms with Gasteiger partial charge < -0.3 is 0 Å². The molecule has 12 heavy (non-hydrogen) atoms. The van der Waals surface area contributed by atoms with Crippen LogP contribution in [-0.4, -0.2) is 5.78 Å². The van der Waals surface area contributed by atoms with Gasteiger partial charge in [-0.1, -0.05) is 43.7 Å². The Morgan fingerprint density at radius 3 is 2.50 bits per heavy atom. The van der Waals surface area contributed by atoms with E-state index in [1.807, 2.05) is 18.2 Å². The van der Waals surface area contributed by atoms with Gasteiger partial charge in [-0.2, -0.15) is 0 Å². The van der Waals surface area contributed by atoms with Crippen molar-refractivity contribution >= 4 is 5.78 Å². The van der Waals surface area contributed by atoms with Crippen molar-refractivity contribution in [2.45, 2.75) is 19.8 Å². The lowest BCUT2D eigenvalue weighted by molar-refractivity contribution is -0.110. The van der Waals surface area contributed by atoms with Crippen LogP contribution in [0.25, 0.3) is 0 Å². The van der Waals surface area contributed by atoms with Gasteiger partial charge in [-0.15, -0.1) is 0 Å². The van der Waals surface area contributed by atoms with E-state index in [9.17, 15) is 4.79 Å². The number of hydrogen-bond donors (Lipinski definition) is 0.